The minimum Gasteiger partial charge on any atom is -0.480 e. The van der Waals surface area contributed by atoms with E-state index in [0.29, 0.717) is 31.6 Å². The number of amides is 1. The molecular formula is C11H22N2O4S. The largest absolute Gasteiger partial charge is 0.480 e. The standard InChI is InChI=1S/C11H22N2O4S/c1-17-6-3-4-8(12)10(14)13-9(11(15)16)5-7-18-2/h8-9H,3-7,12H2,1-2H3,(H,13,14)(H,15,16)/t8?,9-/m0/s1. The lowest BCUT2D eigenvalue weighted by Crippen LogP contribution is -2.48. The highest BCUT2D eigenvalue weighted by Gasteiger charge is 2.22. The highest BCUT2D eigenvalue weighted by molar-refractivity contribution is 7.98. The smallest absolute Gasteiger partial charge is 0.326 e. The molecule has 0 aliphatic rings. The Morgan fingerprint density at radius 3 is 2.61 bits per heavy atom. The highest BCUT2D eigenvalue weighted by Crippen LogP contribution is 2.02. The topological polar surface area (TPSA) is 102 Å². The van der Waals surface area contributed by atoms with Crippen molar-refractivity contribution in [2.24, 2.45) is 5.73 Å². The van der Waals surface area contributed by atoms with Crippen LogP contribution in [0.25, 0.3) is 0 Å². The summed E-state index contributed by atoms with van der Waals surface area (Å²) in [5, 5.41) is 11.4. The van der Waals surface area contributed by atoms with Crippen LogP contribution in [0, 0.1) is 0 Å². The molecule has 0 heterocycles. The Bertz CT molecular complexity index is 263. The van der Waals surface area contributed by atoms with Crippen molar-refractivity contribution in [2.75, 3.05) is 25.7 Å². The molecule has 0 saturated carbocycles. The maximum atomic E-state index is 11.7. The fraction of sp³-hybridized carbons (Fsp3) is 0.818. The number of carboxylic acids is 1. The average Bonchev–Trinajstić information content (AvgIpc) is 2.33. The Balaban J connectivity index is 4.10. The molecule has 0 aliphatic heterocycles. The van der Waals surface area contributed by atoms with Gasteiger partial charge in [0.15, 0.2) is 0 Å². The summed E-state index contributed by atoms with van der Waals surface area (Å²) in [5.74, 6) is -0.767. The first kappa shape index (κ1) is 17.2. The van der Waals surface area contributed by atoms with Crippen LogP contribution >= 0.6 is 11.8 Å². The van der Waals surface area contributed by atoms with Crippen LogP contribution in [0.5, 0.6) is 0 Å². The second-order valence-electron chi connectivity index (χ2n) is 3.92. The molecule has 0 spiro atoms. The van der Waals surface area contributed by atoms with Crippen molar-refractivity contribution in [3.05, 3.63) is 0 Å². The van der Waals surface area contributed by atoms with Gasteiger partial charge < -0.3 is 20.9 Å². The predicted molar refractivity (Wildman–Crippen MR) is 71.7 cm³/mol. The molecule has 18 heavy (non-hydrogen) atoms. The molecule has 0 fully saturated rings. The zero-order valence-electron chi connectivity index (χ0n) is 10.8. The van der Waals surface area contributed by atoms with Crippen molar-refractivity contribution in [1.29, 1.82) is 0 Å². The molecule has 0 saturated heterocycles. The summed E-state index contributed by atoms with van der Waals surface area (Å²) in [5.41, 5.74) is 5.67. The van der Waals surface area contributed by atoms with Gasteiger partial charge in [-0.1, -0.05) is 0 Å². The van der Waals surface area contributed by atoms with Gasteiger partial charge in [-0.3, -0.25) is 4.79 Å². The number of ether oxygens (including phenoxy) is 1. The lowest BCUT2D eigenvalue weighted by atomic mass is 10.1. The van der Waals surface area contributed by atoms with Crippen LogP contribution in [-0.2, 0) is 14.3 Å². The number of thioether (sulfide) groups is 1. The third kappa shape index (κ3) is 7.52. The zero-order valence-corrected chi connectivity index (χ0v) is 11.7. The Morgan fingerprint density at radius 1 is 1.44 bits per heavy atom. The molecule has 6 nitrogen and oxygen atoms in total. The van der Waals surface area contributed by atoms with E-state index in [2.05, 4.69) is 5.32 Å². The molecule has 0 aromatic carbocycles. The van der Waals surface area contributed by atoms with E-state index in [9.17, 15) is 9.59 Å². The first-order chi connectivity index (χ1) is 8.52. The SMILES string of the molecule is COCCCC(N)C(=O)N[C@@H](CCSC)C(=O)O. The van der Waals surface area contributed by atoms with Crippen molar-refractivity contribution in [3.63, 3.8) is 0 Å². The van der Waals surface area contributed by atoms with Crippen LogP contribution in [0.4, 0.5) is 0 Å². The number of nitrogens with one attached hydrogen (secondary N) is 1. The number of methoxy groups -OCH3 is 1. The van der Waals surface area contributed by atoms with Gasteiger partial charge in [0.1, 0.15) is 6.04 Å². The van der Waals surface area contributed by atoms with Gasteiger partial charge in [-0.25, -0.2) is 4.79 Å². The molecule has 0 aromatic heterocycles. The van der Waals surface area contributed by atoms with Gasteiger partial charge >= 0.3 is 5.97 Å². The van der Waals surface area contributed by atoms with E-state index in [-0.39, 0.29) is 0 Å². The number of hydrogen-bond acceptors (Lipinski definition) is 5. The lowest BCUT2D eigenvalue weighted by Gasteiger charge is -2.17. The van der Waals surface area contributed by atoms with Crippen molar-refractivity contribution in [1.82, 2.24) is 5.32 Å². The summed E-state index contributed by atoms with van der Waals surface area (Å²) >= 11 is 1.54. The van der Waals surface area contributed by atoms with E-state index >= 15 is 0 Å². The van der Waals surface area contributed by atoms with Crippen molar-refractivity contribution in [2.45, 2.75) is 31.3 Å². The molecule has 1 amide bonds. The number of carbonyl (C=O) groups is 2. The van der Waals surface area contributed by atoms with Crippen LogP contribution in [0.15, 0.2) is 0 Å². The summed E-state index contributed by atoms with van der Waals surface area (Å²) in [6.45, 7) is 0.538. The number of aliphatic carboxylic acids is 1. The Kier molecular flexibility index (Phi) is 9.72. The molecule has 106 valence electrons. The minimum absolute atomic E-state index is 0.396. The van der Waals surface area contributed by atoms with Crippen LogP contribution in [-0.4, -0.2) is 54.8 Å². The maximum absolute atomic E-state index is 11.7. The number of nitrogens with two attached hydrogens (primary N) is 1. The van der Waals surface area contributed by atoms with Crippen LogP contribution < -0.4 is 11.1 Å². The quantitative estimate of drug-likeness (QED) is 0.489. The average molecular weight is 278 g/mol. The molecule has 0 rings (SSSR count). The van der Waals surface area contributed by atoms with E-state index in [1.807, 2.05) is 6.26 Å². The van der Waals surface area contributed by atoms with Gasteiger partial charge in [-0.15, -0.1) is 0 Å². The summed E-state index contributed by atoms with van der Waals surface area (Å²) in [7, 11) is 1.58. The van der Waals surface area contributed by atoms with Crippen LogP contribution in [0.1, 0.15) is 19.3 Å². The van der Waals surface area contributed by atoms with E-state index < -0.39 is 24.0 Å². The van der Waals surface area contributed by atoms with Crippen molar-refractivity contribution in [3.8, 4) is 0 Å². The third-order valence-electron chi connectivity index (χ3n) is 2.43. The summed E-state index contributed by atoms with van der Waals surface area (Å²) in [6, 6.07) is -1.55. The van der Waals surface area contributed by atoms with Crippen LogP contribution in [0.3, 0.4) is 0 Å². The fourth-order valence-corrected chi connectivity index (χ4v) is 1.82. The van der Waals surface area contributed by atoms with Gasteiger partial charge in [0.2, 0.25) is 5.91 Å². The van der Waals surface area contributed by atoms with Crippen molar-refractivity contribution < 1.29 is 19.4 Å². The molecule has 7 heteroatoms. The summed E-state index contributed by atoms with van der Waals surface area (Å²) < 4.78 is 4.86. The van der Waals surface area contributed by atoms with Gasteiger partial charge in [0.05, 0.1) is 6.04 Å². The minimum atomic E-state index is -1.03. The monoisotopic (exact) mass is 278 g/mol. The first-order valence-electron chi connectivity index (χ1n) is 5.79. The maximum Gasteiger partial charge on any atom is 0.326 e. The van der Waals surface area contributed by atoms with Gasteiger partial charge in [-0.05, 0) is 31.3 Å². The summed E-state index contributed by atoms with van der Waals surface area (Å²) in [6.07, 6.45) is 3.44. The zero-order chi connectivity index (χ0) is 14.0. The number of hydrogen-bond donors (Lipinski definition) is 3. The molecule has 0 bridgehead atoms. The Morgan fingerprint density at radius 2 is 2.11 bits per heavy atom. The third-order valence-corrected chi connectivity index (χ3v) is 3.07. The van der Waals surface area contributed by atoms with E-state index in [4.69, 9.17) is 15.6 Å². The second-order valence-corrected chi connectivity index (χ2v) is 4.91. The Labute approximate surface area is 112 Å². The number of carboxylic acid groups (broad SMARTS) is 1. The first-order valence-corrected chi connectivity index (χ1v) is 7.19. The number of carbonyl (C=O) groups excluding carboxylic acids is 1. The molecule has 1 unspecified atom stereocenters. The lowest BCUT2D eigenvalue weighted by molar-refractivity contribution is -0.142. The Hall–Kier alpha value is -0.790. The normalized spacial score (nSPS) is 13.9. The predicted octanol–water partition coefficient (Wildman–Crippen LogP) is 0.0628. The molecule has 4 N–H and O–H groups in total. The van der Waals surface area contributed by atoms with E-state index in [0.717, 1.165) is 0 Å². The number of rotatable bonds is 10. The summed E-state index contributed by atoms with van der Waals surface area (Å²) in [4.78, 5) is 22.6. The van der Waals surface area contributed by atoms with E-state index in [1.165, 1.54) is 11.8 Å². The molecule has 0 aromatic rings. The van der Waals surface area contributed by atoms with Crippen molar-refractivity contribution >= 4 is 23.6 Å². The molecular weight excluding hydrogens is 256 g/mol. The van der Waals surface area contributed by atoms with Gasteiger partial charge in [0, 0.05) is 13.7 Å². The van der Waals surface area contributed by atoms with Crippen LogP contribution in [0.2, 0.25) is 0 Å². The van der Waals surface area contributed by atoms with Gasteiger partial charge in [0.25, 0.3) is 0 Å². The molecule has 0 radical (unpaired) electrons. The van der Waals surface area contributed by atoms with Gasteiger partial charge in [-0.2, -0.15) is 11.8 Å². The second kappa shape index (κ2) is 10.2. The highest BCUT2D eigenvalue weighted by atomic mass is 32.2. The van der Waals surface area contributed by atoms with E-state index in [1.54, 1.807) is 7.11 Å². The fourth-order valence-electron chi connectivity index (χ4n) is 1.35. The molecule has 2 atom stereocenters. The molecule has 0 aliphatic carbocycles.